The Labute approximate surface area is 63.5 Å². The molecule has 2 N–H and O–H groups in total. The van der Waals surface area contributed by atoms with Crippen molar-refractivity contribution in [3.63, 3.8) is 0 Å². The van der Waals surface area contributed by atoms with E-state index >= 15 is 0 Å². The molecular weight excluding hydrogens is 140 g/mol. The van der Waals surface area contributed by atoms with Crippen LogP contribution in [-0.2, 0) is 0 Å². The average molecular weight is 150 g/mol. The van der Waals surface area contributed by atoms with Crippen molar-refractivity contribution < 1.29 is 0 Å². The van der Waals surface area contributed by atoms with E-state index in [4.69, 9.17) is 0 Å². The van der Waals surface area contributed by atoms with E-state index in [1.165, 1.54) is 0 Å². The highest BCUT2D eigenvalue weighted by molar-refractivity contribution is 5.35. The monoisotopic (exact) mass is 150 g/mol. The fourth-order valence-electron chi connectivity index (χ4n) is 1.36. The maximum atomic E-state index is 10.8. The number of nitrogens with one attached hydrogen (secondary N) is 2. The van der Waals surface area contributed by atoms with E-state index in [1.54, 1.807) is 0 Å². The van der Waals surface area contributed by atoms with Crippen LogP contribution < -0.4 is 16.4 Å². The summed E-state index contributed by atoms with van der Waals surface area (Å²) in [6.45, 7) is 2.13. The summed E-state index contributed by atoms with van der Waals surface area (Å²) in [6, 6.07) is 0. The molecule has 1 aromatic rings. The van der Waals surface area contributed by atoms with Crippen molar-refractivity contribution in [2.24, 2.45) is 5.92 Å². The molecule has 0 saturated heterocycles. The summed E-state index contributed by atoms with van der Waals surface area (Å²) in [7, 11) is 0. The molecule has 0 aromatic carbocycles. The maximum Gasteiger partial charge on any atom is 0.323 e. The second-order valence-electron chi connectivity index (χ2n) is 2.99. The number of aromatic nitrogens is 2. The SMILES string of the molecule is CC1C=c2[nH]c(=O)[nH]c2=CC1. The summed E-state index contributed by atoms with van der Waals surface area (Å²) >= 11 is 0. The van der Waals surface area contributed by atoms with Crippen molar-refractivity contribution in [1.82, 2.24) is 9.97 Å². The molecule has 3 heteroatoms. The van der Waals surface area contributed by atoms with Crippen LogP contribution in [0.2, 0.25) is 0 Å². The van der Waals surface area contributed by atoms with Crippen molar-refractivity contribution in [3.05, 3.63) is 21.2 Å². The Balaban J connectivity index is 2.82. The van der Waals surface area contributed by atoms with Crippen LogP contribution in [0.5, 0.6) is 0 Å². The van der Waals surface area contributed by atoms with Gasteiger partial charge in [-0.3, -0.25) is 0 Å². The summed E-state index contributed by atoms with van der Waals surface area (Å²) in [5.41, 5.74) is -0.114. The molecule has 0 fully saturated rings. The largest absolute Gasteiger partial charge is 0.323 e. The lowest BCUT2D eigenvalue weighted by molar-refractivity contribution is 0.795. The Bertz CT molecular complexity index is 424. The minimum atomic E-state index is -0.114. The van der Waals surface area contributed by atoms with Gasteiger partial charge in [0.1, 0.15) is 0 Å². The number of aromatic amines is 2. The second-order valence-corrected chi connectivity index (χ2v) is 2.99. The lowest BCUT2D eigenvalue weighted by Gasteiger charge is -2.02. The minimum absolute atomic E-state index is 0.114. The molecule has 0 saturated carbocycles. The molecule has 1 aromatic heterocycles. The van der Waals surface area contributed by atoms with Crippen LogP contribution >= 0.6 is 0 Å². The molecule has 0 bridgehead atoms. The molecule has 1 heterocycles. The van der Waals surface area contributed by atoms with Crippen LogP contribution in [0.1, 0.15) is 13.3 Å². The van der Waals surface area contributed by atoms with E-state index in [1.807, 2.05) is 0 Å². The third kappa shape index (κ3) is 1.02. The molecule has 0 aliphatic heterocycles. The molecule has 0 amide bonds. The second kappa shape index (κ2) is 2.12. The molecule has 1 aliphatic carbocycles. The van der Waals surface area contributed by atoms with Gasteiger partial charge in [-0.05, 0) is 12.3 Å². The highest BCUT2D eigenvalue weighted by Gasteiger charge is 2.02. The van der Waals surface area contributed by atoms with Crippen molar-refractivity contribution in [3.8, 4) is 0 Å². The quantitative estimate of drug-likeness (QED) is 0.505. The van der Waals surface area contributed by atoms with E-state index in [2.05, 4.69) is 29.0 Å². The van der Waals surface area contributed by atoms with Gasteiger partial charge in [0, 0.05) is 0 Å². The van der Waals surface area contributed by atoms with Gasteiger partial charge in [0.05, 0.1) is 10.7 Å². The number of H-pyrrole nitrogens is 2. The van der Waals surface area contributed by atoms with Gasteiger partial charge in [0.2, 0.25) is 0 Å². The molecular formula is C8H10N2O. The molecule has 1 unspecified atom stereocenters. The predicted octanol–water partition coefficient (Wildman–Crippen LogP) is -0.696. The number of hydrogen-bond acceptors (Lipinski definition) is 1. The van der Waals surface area contributed by atoms with Crippen LogP contribution in [0.15, 0.2) is 4.79 Å². The Morgan fingerprint density at radius 2 is 2.18 bits per heavy atom. The predicted molar refractivity (Wildman–Crippen MR) is 43.4 cm³/mol. The zero-order chi connectivity index (χ0) is 7.84. The first-order valence-electron chi connectivity index (χ1n) is 3.76. The first kappa shape index (κ1) is 6.46. The maximum absolute atomic E-state index is 10.8. The number of rotatable bonds is 0. The lowest BCUT2D eigenvalue weighted by atomic mass is 10.0. The molecule has 1 atom stereocenters. The highest BCUT2D eigenvalue weighted by Crippen LogP contribution is 2.04. The Kier molecular flexibility index (Phi) is 1.24. The van der Waals surface area contributed by atoms with Gasteiger partial charge in [-0.2, -0.15) is 0 Å². The molecule has 2 rings (SSSR count). The topological polar surface area (TPSA) is 48.6 Å². The van der Waals surface area contributed by atoms with Gasteiger partial charge in [0.25, 0.3) is 0 Å². The summed E-state index contributed by atoms with van der Waals surface area (Å²) in [5, 5.41) is 1.88. The summed E-state index contributed by atoms with van der Waals surface area (Å²) in [4.78, 5) is 16.3. The minimum Gasteiger partial charge on any atom is -0.306 e. The molecule has 11 heavy (non-hydrogen) atoms. The van der Waals surface area contributed by atoms with Crippen molar-refractivity contribution in [2.75, 3.05) is 0 Å². The molecule has 58 valence electrons. The van der Waals surface area contributed by atoms with Gasteiger partial charge in [-0.15, -0.1) is 0 Å². The normalized spacial score (nSPS) is 21.7. The smallest absolute Gasteiger partial charge is 0.306 e. The number of hydrogen-bond donors (Lipinski definition) is 2. The summed E-state index contributed by atoms with van der Waals surface area (Å²) in [5.74, 6) is 0.536. The Morgan fingerprint density at radius 3 is 3.00 bits per heavy atom. The Morgan fingerprint density at radius 1 is 1.45 bits per heavy atom. The van der Waals surface area contributed by atoms with Crippen LogP contribution in [-0.4, -0.2) is 9.97 Å². The first-order valence-corrected chi connectivity index (χ1v) is 3.76. The zero-order valence-electron chi connectivity index (χ0n) is 6.35. The van der Waals surface area contributed by atoms with Crippen LogP contribution in [0.4, 0.5) is 0 Å². The average Bonchev–Trinajstić information content (AvgIpc) is 2.27. The zero-order valence-corrected chi connectivity index (χ0v) is 6.35. The van der Waals surface area contributed by atoms with E-state index in [0.717, 1.165) is 17.1 Å². The van der Waals surface area contributed by atoms with Crippen LogP contribution in [0.3, 0.4) is 0 Å². The van der Waals surface area contributed by atoms with Gasteiger partial charge in [0.15, 0.2) is 0 Å². The third-order valence-electron chi connectivity index (χ3n) is 1.93. The molecule has 0 spiro atoms. The molecule has 3 nitrogen and oxygen atoms in total. The van der Waals surface area contributed by atoms with Gasteiger partial charge >= 0.3 is 5.69 Å². The van der Waals surface area contributed by atoms with Crippen molar-refractivity contribution in [1.29, 1.82) is 0 Å². The number of fused-ring (bicyclic) bond motifs is 1. The van der Waals surface area contributed by atoms with Crippen LogP contribution in [0, 0.1) is 5.92 Å². The fraction of sp³-hybridized carbons (Fsp3) is 0.375. The molecule has 0 radical (unpaired) electrons. The summed E-state index contributed by atoms with van der Waals surface area (Å²) < 4.78 is 0. The third-order valence-corrected chi connectivity index (χ3v) is 1.93. The Hall–Kier alpha value is -1.25. The van der Waals surface area contributed by atoms with Crippen molar-refractivity contribution in [2.45, 2.75) is 13.3 Å². The highest BCUT2D eigenvalue weighted by atomic mass is 16.1. The van der Waals surface area contributed by atoms with E-state index in [-0.39, 0.29) is 5.69 Å². The molecule has 1 aliphatic rings. The van der Waals surface area contributed by atoms with Gasteiger partial charge < -0.3 is 9.97 Å². The van der Waals surface area contributed by atoms with Crippen LogP contribution in [0.25, 0.3) is 12.2 Å². The van der Waals surface area contributed by atoms with Gasteiger partial charge in [-0.1, -0.05) is 19.1 Å². The van der Waals surface area contributed by atoms with Gasteiger partial charge in [-0.25, -0.2) is 4.79 Å². The van der Waals surface area contributed by atoms with E-state index < -0.39 is 0 Å². The standard InChI is InChI=1S/C8H10N2O/c1-5-2-3-6-7(4-5)10-8(11)9-6/h3-5H,2H2,1H3,(H2,9,10,11). The fourth-order valence-corrected chi connectivity index (χ4v) is 1.36. The summed E-state index contributed by atoms with van der Waals surface area (Å²) in [6.07, 6.45) is 5.14. The lowest BCUT2D eigenvalue weighted by Crippen LogP contribution is -2.28. The van der Waals surface area contributed by atoms with E-state index in [0.29, 0.717) is 5.92 Å². The van der Waals surface area contributed by atoms with Crippen molar-refractivity contribution >= 4 is 12.2 Å². The first-order chi connectivity index (χ1) is 5.25. The number of imidazole rings is 1. The van der Waals surface area contributed by atoms with E-state index in [9.17, 15) is 4.79 Å².